The Morgan fingerprint density at radius 1 is 1.19 bits per heavy atom. The fourth-order valence-electron chi connectivity index (χ4n) is 3.75. The Morgan fingerprint density at radius 2 is 1.88 bits per heavy atom. The van der Waals surface area contributed by atoms with E-state index in [4.69, 9.17) is 0 Å². The van der Waals surface area contributed by atoms with Gasteiger partial charge in [-0.15, -0.1) is 4.68 Å². The van der Waals surface area contributed by atoms with E-state index in [9.17, 15) is 9.59 Å². The molecule has 0 saturated heterocycles. The Morgan fingerprint density at radius 3 is 2.54 bits per heavy atom. The maximum Gasteiger partial charge on any atom is 0.377 e. The summed E-state index contributed by atoms with van der Waals surface area (Å²) in [5.74, 6) is 0.230. The third kappa shape index (κ3) is 3.43. The lowest BCUT2D eigenvalue weighted by molar-refractivity contribution is 0.157. The van der Waals surface area contributed by atoms with E-state index in [0.717, 1.165) is 35.9 Å². The van der Waals surface area contributed by atoms with Crippen molar-refractivity contribution < 1.29 is 4.79 Å². The van der Waals surface area contributed by atoms with E-state index >= 15 is 0 Å². The van der Waals surface area contributed by atoms with Crippen LogP contribution in [0.3, 0.4) is 0 Å². The minimum Gasteiger partial charge on any atom is -0.320 e. The van der Waals surface area contributed by atoms with Crippen molar-refractivity contribution in [2.24, 2.45) is 0 Å². The highest BCUT2D eigenvalue weighted by molar-refractivity contribution is 5.76. The van der Waals surface area contributed by atoms with E-state index in [1.165, 1.54) is 11.1 Å². The number of para-hydroxylation sites is 1. The minimum absolute atomic E-state index is 0.182. The van der Waals surface area contributed by atoms with Gasteiger partial charge in [-0.1, -0.05) is 51.3 Å². The van der Waals surface area contributed by atoms with Gasteiger partial charge in [-0.2, -0.15) is 4.68 Å². The minimum atomic E-state index is -0.516. The first-order valence-electron chi connectivity index (χ1n) is 9.50. The van der Waals surface area contributed by atoms with Gasteiger partial charge in [0.15, 0.2) is 0 Å². The van der Waals surface area contributed by atoms with Crippen LogP contribution in [0.25, 0.3) is 5.69 Å². The standard InChI is InChI=1S/C19H27N5O2/c1-4-22(15-10-6-5-7-11-15)18(25)24-19(26)23(20-21-24)17-13-9-8-12-16(17)14(2)3/h8-9,12-15H,4-7,10-11H2,1-3H3. The number of carbonyl (C=O) groups is 1. The van der Waals surface area contributed by atoms with Crippen molar-refractivity contribution in [3.8, 4) is 5.69 Å². The summed E-state index contributed by atoms with van der Waals surface area (Å²) in [7, 11) is 0. The molecule has 26 heavy (non-hydrogen) atoms. The van der Waals surface area contributed by atoms with Crippen molar-refractivity contribution in [3.63, 3.8) is 0 Å². The predicted octanol–water partition coefficient (Wildman–Crippen LogP) is 3.18. The Balaban J connectivity index is 1.94. The second-order valence-electron chi connectivity index (χ2n) is 7.16. The first-order chi connectivity index (χ1) is 12.5. The Hall–Kier alpha value is -2.44. The first-order valence-corrected chi connectivity index (χ1v) is 9.50. The van der Waals surface area contributed by atoms with Gasteiger partial charge in [-0.05, 0) is 47.7 Å². The van der Waals surface area contributed by atoms with Crippen molar-refractivity contribution in [2.75, 3.05) is 6.54 Å². The zero-order chi connectivity index (χ0) is 18.7. The third-order valence-corrected chi connectivity index (χ3v) is 5.15. The van der Waals surface area contributed by atoms with E-state index in [-0.39, 0.29) is 18.0 Å². The highest BCUT2D eigenvalue weighted by Gasteiger charge is 2.28. The Bertz CT molecular complexity index is 817. The molecule has 0 radical (unpaired) electrons. The lowest BCUT2D eigenvalue weighted by atomic mass is 9.94. The second kappa shape index (κ2) is 7.85. The fraction of sp³-hybridized carbons (Fsp3) is 0.579. The summed E-state index contributed by atoms with van der Waals surface area (Å²) in [6, 6.07) is 7.39. The predicted molar refractivity (Wildman–Crippen MR) is 99.8 cm³/mol. The number of amides is 1. The Labute approximate surface area is 153 Å². The van der Waals surface area contributed by atoms with Gasteiger partial charge in [-0.25, -0.2) is 9.59 Å². The molecule has 0 unspecified atom stereocenters. The molecule has 0 spiro atoms. The lowest BCUT2D eigenvalue weighted by Gasteiger charge is -2.32. The summed E-state index contributed by atoms with van der Waals surface area (Å²) in [6.07, 6.45) is 5.43. The molecule has 3 rings (SSSR count). The van der Waals surface area contributed by atoms with Gasteiger partial charge >= 0.3 is 11.7 Å². The van der Waals surface area contributed by atoms with Crippen LogP contribution >= 0.6 is 0 Å². The molecule has 2 aromatic rings. The average molecular weight is 357 g/mol. The van der Waals surface area contributed by atoms with Crippen LogP contribution in [0.5, 0.6) is 0 Å². The quantitative estimate of drug-likeness (QED) is 0.788. The Kier molecular flexibility index (Phi) is 5.54. The molecule has 140 valence electrons. The molecular weight excluding hydrogens is 330 g/mol. The highest BCUT2D eigenvalue weighted by atomic mass is 16.2. The third-order valence-electron chi connectivity index (χ3n) is 5.15. The lowest BCUT2D eigenvalue weighted by Crippen LogP contribution is -2.47. The van der Waals surface area contributed by atoms with Gasteiger partial charge in [0.2, 0.25) is 0 Å². The molecule has 1 aliphatic rings. The summed E-state index contributed by atoms with van der Waals surface area (Å²) in [6.45, 7) is 6.62. The van der Waals surface area contributed by atoms with Crippen LogP contribution in [0, 0.1) is 0 Å². The first kappa shape index (κ1) is 18.4. The van der Waals surface area contributed by atoms with Crippen molar-refractivity contribution >= 4 is 6.03 Å². The molecule has 1 heterocycles. The number of nitrogens with zero attached hydrogens (tertiary/aromatic N) is 5. The summed E-state index contributed by atoms with van der Waals surface area (Å²) >= 11 is 0. The van der Waals surface area contributed by atoms with Crippen LogP contribution in [-0.4, -0.2) is 43.3 Å². The molecule has 0 aliphatic heterocycles. The molecular formula is C19H27N5O2. The highest BCUT2D eigenvalue weighted by Crippen LogP contribution is 2.23. The van der Waals surface area contributed by atoms with Crippen LogP contribution in [0.2, 0.25) is 0 Å². The molecule has 1 fully saturated rings. The smallest absolute Gasteiger partial charge is 0.320 e. The largest absolute Gasteiger partial charge is 0.377 e. The van der Waals surface area contributed by atoms with Gasteiger partial charge in [0.1, 0.15) is 0 Å². The second-order valence-corrected chi connectivity index (χ2v) is 7.16. The van der Waals surface area contributed by atoms with Crippen molar-refractivity contribution in [2.45, 2.75) is 64.8 Å². The van der Waals surface area contributed by atoms with Gasteiger partial charge in [0, 0.05) is 12.6 Å². The van der Waals surface area contributed by atoms with Crippen LogP contribution < -0.4 is 5.69 Å². The molecule has 0 atom stereocenters. The number of aromatic nitrogens is 4. The van der Waals surface area contributed by atoms with Crippen molar-refractivity contribution in [3.05, 3.63) is 40.3 Å². The zero-order valence-electron chi connectivity index (χ0n) is 15.8. The molecule has 1 aromatic heterocycles. The number of rotatable bonds is 4. The van der Waals surface area contributed by atoms with E-state index in [2.05, 4.69) is 24.3 Å². The summed E-state index contributed by atoms with van der Waals surface area (Å²) in [4.78, 5) is 27.5. The molecule has 1 aliphatic carbocycles. The number of hydrogen-bond acceptors (Lipinski definition) is 4. The van der Waals surface area contributed by atoms with E-state index < -0.39 is 5.69 Å². The molecule has 1 amide bonds. The molecule has 1 saturated carbocycles. The van der Waals surface area contributed by atoms with Gasteiger partial charge in [0.05, 0.1) is 5.69 Å². The maximum absolute atomic E-state index is 12.9. The van der Waals surface area contributed by atoms with Crippen LogP contribution in [0.15, 0.2) is 29.1 Å². The summed E-state index contributed by atoms with van der Waals surface area (Å²) in [5, 5.41) is 7.86. The van der Waals surface area contributed by atoms with Crippen LogP contribution in [0.4, 0.5) is 4.79 Å². The van der Waals surface area contributed by atoms with Gasteiger partial charge in [-0.3, -0.25) is 0 Å². The van der Waals surface area contributed by atoms with Crippen molar-refractivity contribution in [1.82, 2.24) is 24.7 Å². The topological polar surface area (TPSA) is 73.0 Å². The molecule has 7 heteroatoms. The van der Waals surface area contributed by atoms with E-state index in [1.54, 1.807) is 4.90 Å². The fourth-order valence-corrected chi connectivity index (χ4v) is 3.75. The summed E-state index contributed by atoms with van der Waals surface area (Å²) in [5.41, 5.74) is 1.15. The zero-order valence-corrected chi connectivity index (χ0v) is 15.8. The number of benzene rings is 1. The SMILES string of the molecule is CCN(C(=O)n1nnn(-c2ccccc2C(C)C)c1=O)C1CCCCC1. The van der Waals surface area contributed by atoms with Crippen LogP contribution in [0.1, 0.15) is 64.4 Å². The number of carbonyl (C=O) groups excluding carboxylic acids is 1. The number of tetrazole rings is 1. The monoisotopic (exact) mass is 357 g/mol. The molecule has 7 nitrogen and oxygen atoms in total. The van der Waals surface area contributed by atoms with Gasteiger partial charge < -0.3 is 4.90 Å². The summed E-state index contributed by atoms with van der Waals surface area (Å²) < 4.78 is 2.12. The number of hydrogen-bond donors (Lipinski definition) is 0. The molecule has 0 N–H and O–H groups in total. The normalized spacial score (nSPS) is 15.4. The van der Waals surface area contributed by atoms with E-state index in [0.29, 0.717) is 12.2 Å². The average Bonchev–Trinajstić information content (AvgIpc) is 3.04. The van der Waals surface area contributed by atoms with E-state index in [1.807, 2.05) is 31.2 Å². The molecule has 1 aromatic carbocycles. The van der Waals surface area contributed by atoms with Crippen molar-refractivity contribution in [1.29, 1.82) is 0 Å². The van der Waals surface area contributed by atoms with Crippen LogP contribution in [-0.2, 0) is 0 Å². The molecule has 0 bridgehead atoms. The van der Waals surface area contributed by atoms with Gasteiger partial charge in [0.25, 0.3) is 0 Å². The maximum atomic E-state index is 12.9.